The van der Waals surface area contributed by atoms with Gasteiger partial charge in [0.15, 0.2) is 5.41 Å². The van der Waals surface area contributed by atoms with Crippen LogP contribution >= 0.6 is 11.8 Å². The van der Waals surface area contributed by atoms with Gasteiger partial charge in [-0.3, -0.25) is 0 Å². The summed E-state index contributed by atoms with van der Waals surface area (Å²) in [5, 5.41) is 37.4. The molecule has 1 aliphatic carbocycles. The molecule has 118 valence electrons. The van der Waals surface area contributed by atoms with E-state index in [9.17, 15) is 20.2 Å². The number of hydrogen-bond acceptors (Lipinski definition) is 5. The Balaban J connectivity index is 2.29. The van der Waals surface area contributed by atoms with Crippen LogP contribution in [0.4, 0.5) is 4.39 Å². The highest BCUT2D eigenvalue weighted by Crippen LogP contribution is 2.54. The number of nitrogens with zero attached hydrogens (tertiary/aromatic N) is 3. The van der Waals surface area contributed by atoms with Crippen molar-refractivity contribution < 1.29 is 4.39 Å². The van der Waals surface area contributed by atoms with Crippen LogP contribution in [0.2, 0.25) is 0 Å². The van der Waals surface area contributed by atoms with Gasteiger partial charge in [0.25, 0.3) is 0 Å². The fraction of sp³-hybridized carbons (Fsp3) is 0.333. The number of halogens is 1. The highest BCUT2D eigenvalue weighted by atomic mass is 32.2. The molecule has 0 saturated heterocycles. The second-order valence-corrected chi connectivity index (χ2v) is 6.93. The number of nitriles is 3. The van der Waals surface area contributed by atoms with E-state index in [1.807, 2.05) is 18.2 Å². The SMILES string of the molecule is N#C[C@H]1C(=N)C(C#N)(C#N)[C@@H](c2ccccc2F)[C@H]2CSCC=C12. The fourth-order valence-electron chi connectivity index (χ4n) is 3.68. The molecular weight excluding hydrogens is 323 g/mol. The molecule has 1 fully saturated rings. The minimum absolute atomic E-state index is 0.238. The Morgan fingerprint density at radius 3 is 2.54 bits per heavy atom. The third-order valence-corrected chi connectivity index (χ3v) is 5.80. The van der Waals surface area contributed by atoms with Gasteiger partial charge < -0.3 is 5.41 Å². The van der Waals surface area contributed by atoms with E-state index in [0.717, 1.165) is 5.57 Å². The molecule has 3 rings (SSSR count). The first-order valence-corrected chi connectivity index (χ1v) is 8.59. The summed E-state index contributed by atoms with van der Waals surface area (Å²) in [7, 11) is 0. The Kier molecular flexibility index (Phi) is 4.14. The molecule has 1 N–H and O–H groups in total. The van der Waals surface area contributed by atoms with E-state index in [4.69, 9.17) is 5.41 Å². The quantitative estimate of drug-likeness (QED) is 0.795. The molecule has 24 heavy (non-hydrogen) atoms. The summed E-state index contributed by atoms with van der Waals surface area (Å²) in [6.45, 7) is 0. The van der Waals surface area contributed by atoms with E-state index in [1.165, 1.54) is 6.07 Å². The lowest BCUT2D eigenvalue weighted by molar-refractivity contribution is 0.367. The zero-order valence-electron chi connectivity index (χ0n) is 12.7. The number of thioether (sulfide) groups is 1. The lowest BCUT2D eigenvalue weighted by Crippen LogP contribution is -2.49. The normalized spacial score (nSPS) is 27.8. The Labute approximate surface area is 143 Å². The van der Waals surface area contributed by atoms with Crippen LogP contribution in [0.3, 0.4) is 0 Å². The molecule has 2 aliphatic rings. The molecular formula is C18H13FN4S. The average Bonchev–Trinajstić information content (AvgIpc) is 2.62. The molecule has 0 amide bonds. The van der Waals surface area contributed by atoms with Crippen LogP contribution in [0.25, 0.3) is 0 Å². The van der Waals surface area contributed by atoms with Crippen molar-refractivity contribution >= 4 is 17.5 Å². The van der Waals surface area contributed by atoms with Crippen molar-refractivity contribution in [2.75, 3.05) is 11.5 Å². The predicted octanol–water partition coefficient (Wildman–Crippen LogP) is 3.41. The lowest BCUT2D eigenvalue weighted by atomic mass is 9.55. The van der Waals surface area contributed by atoms with Crippen molar-refractivity contribution in [3.05, 3.63) is 47.3 Å². The summed E-state index contributed by atoms with van der Waals surface area (Å²) < 4.78 is 14.5. The number of rotatable bonds is 1. The van der Waals surface area contributed by atoms with Gasteiger partial charge in [-0.15, -0.1) is 0 Å². The summed E-state index contributed by atoms with van der Waals surface area (Å²) in [6.07, 6.45) is 1.90. The molecule has 1 heterocycles. The van der Waals surface area contributed by atoms with Gasteiger partial charge in [0.2, 0.25) is 0 Å². The first kappa shape index (κ1) is 16.2. The number of benzene rings is 1. The van der Waals surface area contributed by atoms with Crippen molar-refractivity contribution in [1.29, 1.82) is 21.2 Å². The highest BCUT2D eigenvalue weighted by molar-refractivity contribution is 7.99. The van der Waals surface area contributed by atoms with Crippen LogP contribution in [-0.2, 0) is 0 Å². The van der Waals surface area contributed by atoms with Gasteiger partial charge in [0.1, 0.15) is 11.7 Å². The Morgan fingerprint density at radius 2 is 1.92 bits per heavy atom. The van der Waals surface area contributed by atoms with Crippen LogP contribution < -0.4 is 0 Å². The van der Waals surface area contributed by atoms with Crippen LogP contribution in [0, 0.1) is 62.5 Å². The smallest absolute Gasteiger partial charge is 0.189 e. The molecule has 0 radical (unpaired) electrons. The monoisotopic (exact) mass is 336 g/mol. The van der Waals surface area contributed by atoms with E-state index in [1.54, 1.807) is 30.0 Å². The maximum atomic E-state index is 14.5. The highest BCUT2D eigenvalue weighted by Gasteiger charge is 2.57. The van der Waals surface area contributed by atoms with Crippen LogP contribution in [0.5, 0.6) is 0 Å². The van der Waals surface area contributed by atoms with Gasteiger partial charge in [0, 0.05) is 23.3 Å². The van der Waals surface area contributed by atoms with E-state index in [2.05, 4.69) is 6.07 Å². The van der Waals surface area contributed by atoms with Gasteiger partial charge in [0.05, 0.1) is 23.9 Å². The standard InChI is InChI=1S/C18H13FN4S/c19-15-4-2-1-3-12(15)16-14-8-24-6-5-11(14)13(7-20)17(23)18(16,9-21)10-22/h1-5,13-14,16,23H,6,8H2/t13-,14+,16+/m1/s1. The maximum Gasteiger partial charge on any atom is 0.189 e. The zero-order chi connectivity index (χ0) is 17.3. The fourth-order valence-corrected chi connectivity index (χ4v) is 4.77. The zero-order valence-corrected chi connectivity index (χ0v) is 13.5. The predicted molar refractivity (Wildman–Crippen MR) is 88.5 cm³/mol. The minimum Gasteiger partial charge on any atom is -0.305 e. The van der Waals surface area contributed by atoms with Crippen molar-refractivity contribution in [1.82, 2.24) is 0 Å². The molecule has 1 saturated carbocycles. The van der Waals surface area contributed by atoms with E-state index >= 15 is 0 Å². The maximum absolute atomic E-state index is 14.5. The third-order valence-electron chi connectivity index (χ3n) is 4.80. The second-order valence-electron chi connectivity index (χ2n) is 5.85. The van der Waals surface area contributed by atoms with Gasteiger partial charge in [-0.05, 0) is 17.2 Å². The van der Waals surface area contributed by atoms with E-state index in [0.29, 0.717) is 11.5 Å². The van der Waals surface area contributed by atoms with Crippen LogP contribution in [0.15, 0.2) is 35.9 Å². The number of nitrogens with one attached hydrogen (secondary N) is 1. The lowest BCUT2D eigenvalue weighted by Gasteiger charge is -2.45. The molecule has 0 spiro atoms. The molecule has 1 aromatic rings. The van der Waals surface area contributed by atoms with Crippen LogP contribution in [0.1, 0.15) is 11.5 Å². The molecule has 0 unspecified atom stereocenters. The molecule has 1 aliphatic heterocycles. The largest absolute Gasteiger partial charge is 0.305 e. The minimum atomic E-state index is -1.83. The topological polar surface area (TPSA) is 95.2 Å². The van der Waals surface area contributed by atoms with Gasteiger partial charge in [-0.2, -0.15) is 27.5 Å². The van der Waals surface area contributed by atoms with Crippen molar-refractivity contribution in [3.63, 3.8) is 0 Å². The second kappa shape index (κ2) is 6.11. The Morgan fingerprint density at radius 1 is 1.21 bits per heavy atom. The van der Waals surface area contributed by atoms with Crippen molar-refractivity contribution in [2.24, 2.45) is 17.3 Å². The molecule has 3 atom stereocenters. The molecule has 6 heteroatoms. The van der Waals surface area contributed by atoms with E-state index < -0.39 is 23.1 Å². The first-order valence-electron chi connectivity index (χ1n) is 7.44. The number of allylic oxidation sites excluding steroid dienone is 1. The van der Waals surface area contributed by atoms with Crippen molar-refractivity contribution in [3.8, 4) is 18.2 Å². The number of hydrogen-bond donors (Lipinski definition) is 1. The van der Waals surface area contributed by atoms with E-state index in [-0.39, 0.29) is 17.2 Å². The summed E-state index contributed by atoms with van der Waals surface area (Å²) in [4.78, 5) is 0. The van der Waals surface area contributed by atoms with Gasteiger partial charge >= 0.3 is 0 Å². The summed E-state index contributed by atoms with van der Waals surface area (Å²) >= 11 is 1.62. The Hall–Kier alpha value is -2.62. The molecule has 4 nitrogen and oxygen atoms in total. The average molecular weight is 336 g/mol. The molecule has 0 aromatic heterocycles. The molecule has 1 aromatic carbocycles. The van der Waals surface area contributed by atoms with Gasteiger partial charge in [-0.1, -0.05) is 24.3 Å². The third kappa shape index (κ3) is 2.13. The molecule has 0 bridgehead atoms. The van der Waals surface area contributed by atoms with Crippen LogP contribution in [-0.4, -0.2) is 17.2 Å². The summed E-state index contributed by atoms with van der Waals surface area (Å²) in [6, 6.07) is 12.1. The van der Waals surface area contributed by atoms with Gasteiger partial charge in [-0.25, -0.2) is 4.39 Å². The Bertz CT molecular complexity index is 841. The number of fused-ring (bicyclic) bond motifs is 1. The first-order chi connectivity index (χ1) is 11.6. The van der Waals surface area contributed by atoms with Crippen molar-refractivity contribution in [2.45, 2.75) is 5.92 Å². The summed E-state index contributed by atoms with van der Waals surface area (Å²) in [5.41, 5.74) is -1.06. The summed E-state index contributed by atoms with van der Waals surface area (Å²) in [5.74, 6) is -1.16.